The number of carbonyl (C=O) groups excluding carboxylic acids is 2. The van der Waals surface area contributed by atoms with Crippen molar-refractivity contribution >= 4 is 23.0 Å². The standard InChI is InChI=1S/C16H16N2O5/c1-3-18-8-11(15(20)23-12-6-7-22-16(12)21)13(19)10-5-4-9(2)17-14(10)18/h4-5,8,12H,3,6-7H2,1-2H3. The number of rotatable bonds is 3. The van der Waals surface area contributed by atoms with E-state index in [2.05, 4.69) is 4.98 Å². The second kappa shape index (κ2) is 5.83. The Bertz CT molecular complexity index is 855. The first-order valence-corrected chi connectivity index (χ1v) is 7.39. The first kappa shape index (κ1) is 15.2. The predicted octanol–water partition coefficient (Wildman–Crippen LogP) is 1.20. The molecule has 1 unspecified atom stereocenters. The molecule has 0 bridgehead atoms. The maximum Gasteiger partial charge on any atom is 0.347 e. The van der Waals surface area contributed by atoms with Crippen LogP contribution in [0, 0.1) is 6.92 Å². The molecule has 23 heavy (non-hydrogen) atoms. The zero-order valence-corrected chi connectivity index (χ0v) is 12.9. The van der Waals surface area contributed by atoms with Gasteiger partial charge in [-0.15, -0.1) is 0 Å². The minimum atomic E-state index is -0.941. The molecule has 2 aromatic rings. The summed E-state index contributed by atoms with van der Waals surface area (Å²) in [5.41, 5.74) is 0.746. The van der Waals surface area contributed by atoms with Crippen LogP contribution in [0.1, 0.15) is 29.4 Å². The van der Waals surface area contributed by atoms with Gasteiger partial charge in [-0.3, -0.25) is 4.79 Å². The van der Waals surface area contributed by atoms with Gasteiger partial charge in [-0.25, -0.2) is 14.6 Å². The molecule has 7 nitrogen and oxygen atoms in total. The molecular formula is C16H16N2O5. The number of aromatic nitrogens is 2. The Labute approximate surface area is 131 Å². The van der Waals surface area contributed by atoms with E-state index in [1.54, 1.807) is 16.7 Å². The Morgan fingerprint density at radius 3 is 2.87 bits per heavy atom. The van der Waals surface area contributed by atoms with E-state index in [-0.39, 0.29) is 12.2 Å². The van der Waals surface area contributed by atoms with Crippen LogP contribution in [0.15, 0.2) is 23.1 Å². The number of pyridine rings is 2. The van der Waals surface area contributed by atoms with Gasteiger partial charge < -0.3 is 14.0 Å². The van der Waals surface area contributed by atoms with Crippen LogP contribution in [0.5, 0.6) is 0 Å². The number of esters is 2. The van der Waals surface area contributed by atoms with Crippen LogP contribution in [0.25, 0.3) is 11.0 Å². The normalized spacial score (nSPS) is 17.3. The number of ether oxygens (including phenoxy) is 2. The zero-order chi connectivity index (χ0) is 16.6. The summed E-state index contributed by atoms with van der Waals surface area (Å²) in [5, 5.41) is 0.348. The summed E-state index contributed by atoms with van der Waals surface area (Å²) in [6.45, 7) is 4.48. The van der Waals surface area contributed by atoms with Crippen LogP contribution in [0.4, 0.5) is 0 Å². The minimum Gasteiger partial charge on any atom is -0.463 e. The Kier molecular flexibility index (Phi) is 3.85. The van der Waals surface area contributed by atoms with Crippen molar-refractivity contribution in [2.24, 2.45) is 0 Å². The summed E-state index contributed by atoms with van der Waals surface area (Å²) in [5.74, 6) is -1.39. The van der Waals surface area contributed by atoms with Crippen molar-refractivity contribution in [2.45, 2.75) is 32.9 Å². The predicted molar refractivity (Wildman–Crippen MR) is 81.2 cm³/mol. The summed E-state index contributed by atoms with van der Waals surface area (Å²) < 4.78 is 11.6. The molecule has 0 amide bonds. The smallest absolute Gasteiger partial charge is 0.347 e. The summed E-state index contributed by atoms with van der Waals surface area (Å²) in [6, 6.07) is 3.36. The topological polar surface area (TPSA) is 87.5 Å². The number of fused-ring (bicyclic) bond motifs is 1. The molecule has 0 aromatic carbocycles. The minimum absolute atomic E-state index is 0.107. The van der Waals surface area contributed by atoms with Gasteiger partial charge in [0.25, 0.3) is 0 Å². The first-order valence-electron chi connectivity index (χ1n) is 7.39. The lowest BCUT2D eigenvalue weighted by molar-refractivity contribution is -0.145. The van der Waals surface area contributed by atoms with Gasteiger partial charge in [0.1, 0.15) is 11.2 Å². The molecule has 3 heterocycles. The zero-order valence-electron chi connectivity index (χ0n) is 12.9. The molecular weight excluding hydrogens is 300 g/mol. The highest BCUT2D eigenvalue weighted by Gasteiger charge is 2.31. The van der Waals surface area contributed by atoms with Crippen LogP contribution in [0.3, 0.4) is 0 Å². The molecule has 1 aliphatic heterocycles. The van der Waals surface area contributed by atoms with Crippen molar-refractivity contribution < 1.29 is 19.1 Å². The van der Waals surface area contributed by atoms with Crippen molar-refractivity contribution in [3.05, 3.63) is 39.8 Å². The number of hydrogen-bond donors (Lipinski definition) is 0. The fourth-order valence-electron chi connectivity index (χ4n) is 2.52. The third-order valence-electron chi connectivity index (χ3n) is 3.76. The molecule has 3 rings (SSSR count). The van der Waals surface area contributed by atoms with E-state index < -0.39 is 23.5 Å². The lowest BCUT2D eigenvalue weighted by atomic mass is 10.1. The van der Waals surface area contributed by atoms with Crippen LogP contribution < -0.4 is 5.43 Å². The monoisotopic (exact) mass is 316 g/mol. The molecule has 1 saturated heterocycles. The lowest BCUT2D eigenvalue weighted by Gasteiger charge is -2.12. The molecule has 0 spiro atoms. The Balaban J connectivity index is 2.05. The van der Waals surface area contributed by atoms with E-state index in [0.717, 1.165) is 5.69 Å². The summed E-state index contributed by atoms with van der Waals surface area (Å²) in [6.07, 6.45) is 0.796. The Hall–Kier alpha value is -2.70. The highest BCUT2D eigenvalue weighted by atomic mass is 16.6. The molecule has 0 saturated carbocycles. The maximum absolute atomic E-state index is 12.5. The molecule has 2 aromatic heterocycles. The van der Waals surface area contributed by atoms with Crippen molar-refractivity contribution in [1.29, 1.82) is 0 Å². The number of cyclic esters (lactones) is 1. The average Bonchev–Trinajstić information content (AvgIpc) is 2.92. The second-order valence-electron chi connectivity index (χ2n) is 5.33. The highest BCUT2D eigenvalue weighted by Crippen LogP contribution is 2.15. The molecule has 1 fully saturated rings. The van der Waals surface area contributed by atoms with Crippen molar-refractivity contribution in [3.8, 4) is 0 Å². The van der Waals surface area contributed by atoms with Gasteiger partial charge in [-0.2, -0.15) is 0 Å². The van der Waals surface area contributed by atoms with E-state index in [1.807, 2.05) is 13.8 Å². The lowest BCUT2D eigenvalue weighted by Crippen LogP contribution is -2.27. The first-order chi connectivity index (χ1) is 11.0. The molecule has 1 atom stereocenters. The average molecular weight is 316 g/mol. The summed E-state index contributed by atoms with van der Waals surface area (Å²) in [4.78, 5) is 40.6. The van der Waals surface area contributed by atoms with Gasteiger partial charge in [0.2, 0.25) is 11.5 Å². The Morgan fingerprint density at radius 2 is 2.22 bits per heavy atom. The number of nitrogens with zero attached hydrogens (tertiary/aromatic N) is 2. The van der Waals surface area contributed by atoms with Crippen molar-refractivity contribution in [2.75, 3.05) is 6.61 Å². The second-order valence-corrected chi connectivity index (χ2v) is 5.33. The number of carbonyl (C=O) groups is 2. The van der Waals surface area contributed by atoms with Gasteiger partial charge in [-0.05, 0) is 26.0 Å². The molecule has 7 heteroatoms. The highest BCUT2D eigenvalue weighted by molar-refractivity contribution is 5.94. The van der Waals surface area contributed by atoms with E-state index in [1.165, 1.54) is 6.20 Å². The molecule has 0 N–H and O–H groups in total. The largest absolute Gasteiger partial charge is 0.463 e. The van der Waals surface area contributed by atoms with Gasteiger partial charge in [0, 0.05) is 24.9 Å². The third-order valence-corrected chi connectivity index (χ3v) is 3.76. The fraction of sp³-hybridized carbons (Fsp3) is 0.375. The van der Waals surface area contributed by atoms with Crippen LogP contribution in [-0.4, -0.2) is 34.2 Å². The maximum atomic E-state index is 12.5. The van der Waals surface area contributed by atoms with Gasteiger partial charge >= 0.3 is 11.9 Å². The van der Waals surface area contributed by atoms with E-state index in [4.69, 9.17) is 9.47 Å². The summed E-state index contributed by atoms with van der Waals surface area (Å²) in [7, 11) is 0. The molecule has 0 radical (unpaired) electrons. The Morgan fingerprint density at radius 1 is 1.43 bits per heavy atom. The van der Waals surface area contributed by atoms with Crippen LogP contribution in [-0.2, 0) is 20.8 Å². The summed E-state index contributed by atoms with van der Waals surface area (Å²) >= 11 is 0. The van der Waals surface area contributed by atoms with E-state index in [0.29, 0.717) is 24.0 Å². The number of hydrogen-bond acceptors (Lipinski definition) is 6. The van der Waals surface area contributed by atoms with E-state index in [9.17, 15) is 14.4 Å². The van der Waals surface area contributed by atoms with Gasteiger partial charge in [0.05, 0.1) is 12.0 Å². The molecule has 120 valence electrons. The van der Waals surface area contributed by atoms with Gasteiger partial charge in [-0.1, -0.05) is 0 Å². The van der Waals surface area contributed by atoms with Crippen LogP contribution in [0.2, 0.25) is 0 Å². The number of aryl methyl sites for hydroxylation is 2. The quantitative estimate of drug-likeness (QED) is 0.791. The van der Waals surface area contributed by atoms with Crippen LogP contribution >= 0.6 is 0 Å². The third kappa shape index (κ3) is 2.69. The SMILES string of the molecule is CCn1cc(C(=O)OC2CCOC2=O)c(=O)c2ccc(C)nc21. The molecule has 1 aliphatic rings. The van der Waals surface area contributed by atoms with Crippen molar-refractivity contribution in [1.82, 2.24) is 9.55 Å². The van der Waals surface area contributed by atoms with E-state index >= 15 is 0 Å². The molecule has 0 aliphatic carbocycles. The fourth-order valence-corrected chi connectivity index (χ4v) is 2.52. The van der Waals surface area contributed by atoms with Crippen molar-refractivity contribution in [3.63, 3.8) is 0 Å². The van der Waals surface area contributed by atoms with Gasteiger partial charge in [0.15, 0.2) is 0 Å².